The topological polar surface area (TPSA) is 35.9 Å². The van der Waals surface area contributed by atoms with Crippen LogP contribution in [0.1, 0.15) is 79.1 Å². The van der Waals surface area contributed by atoms with Crippen molar-refractivity contribution in [3.8, 4) is 39.8 Å². The fraction of sp³-hybridized carbons (Fsp3) is 0.240. The van der Waals surface area contributed by atoms with Crippen molar-refractivity contribution in [1.29, 1.82) is 0 Å². The molecular weight excluding hydrogens is 673 g/mol. The zero-order valence-electron chi connectivity index (χ0n) is 33.5. The van der Waals surface area contributed by atoms with Crippen LogP contribution in [0.3, 0.4) is 0 Å². The minimum absolute atomic E-state index is 0.00800. The second-order valence-electron chi connectivity index (χ2n) is 17.7. The summed E-state index contributed by atoms with van der Waals surface area (Å²) in [7, 11) is 0. The van der Waals surface area contributed by atoms with Crippen LogP contribution in [0.4, 0.5) is 0 Å². The Labute approximate surface area is 325 Å². The quantitative estimate of drug-likeness (QED) is 0.127. The Bertz CT molecular complexity index is 2680. The third kappa shape index (κ3) is 7.07. The number of fused-ring (bicyclic) bond motifs is 3. The van der Waals surface area contributed by atoms with E-state index >= 15 is 0 Å². The fourth-order valence-electron chi connectivity index (χ4n) is 7.32. The lowest BCUT2D eigenvalue weighted by molar-refractivity contribution is -0.599. The molecule has 0 aliphatic heterocycles. The van der Waals surface area contributed by atoms with Crippen molar-refractivity contribution >= 4 is 21.8 Å². The lowest BCUT2D eigenvalue weighted by atomic mass is 9.87. The maximum atomic E-state index is 6.88. The molecular formula is C50H50N4O. The van der Waals surface area contributed by atoms with Crippen molar-refractivity contribution in [2.75, 3.05) is 0 Å². The van der Waals surface area contributed by atoms with Gasteiger partial charge in [0, 0.05) is 29.2 Å². The molecule has 0 N–H and O–H groups in total. The number of para-hydroxylation sites is 1. The number of pyridine rings is 1. The van der Waals surface area contributed by atoms with E-state index in [1.165, 1.54) is 16.5 Å². The summed E-state index contributed by atoms with van der Waals surface area (Å²) in [5.74, 6) is 2.39. The average Bonchev–Trinajstić information content (AvgIpc) is 3.75. The van der Waals surface area contributed by atoms with Crippen LogP contribution in [0.25, 0.3) is 50.1 Å². The summed E-state index contributed by atoms with van der Waals surface area (Å²) in [4.78, 5) is 4.88. The van der Waals surface area contributed by atoms with Gasteiger partial charge < -0.3 is 4.74 Å². The highest BCUT2D eigenvalue weighted by Gasteiger charge is 2.24. The van der Waals surface area contributed by atoms with Crippen molar-refractivity contribution in [3.05, 3.63) is 163 Å². The Balaban J connectivity index is 1.27. The Morgan fingerprint density at radius 1 is 0.564 bits per heavy atom. The number of rotatable bonds is 6. The number of benzene rings is 5. The lowest BCUT2D eigenvalue weighted by Gasteiger charge is -2.21. The van der Waals surface area contributed by atoms with Crippen LogP contribution in [-0.4, -0.2) is 14.1 Å². The highest BCUT2D eigenvalue weighted by molar-refractivity contribution is 6.09. The van der Waals surface area contributed by atoms with Crippen LogP contribution >= 0.6 is 0 Å². The fourth-order valence-corrected chi connectivity index (χ4v) is 7.32. The number of hydrogen-bond donors (Lipinski definition) is 0. The van der Waals surface area contributed by atoms with Gasteiger partial charge in [-0.2, -0.15) is 0 Å². The first kappa shape index (κ1) is 36.1. The Morgan fingerprint density at radius 3 is 2.02 bits per heavy atom. The lowest BCUT2D eigenvalue weighted by Crippen LogP contribution is -2.29. The largest absolute Gasteiger partial charge is 0.458 e. The molecule has 0 unspecified atom stereocenters. The van der Waals surface area contributed by atoms with Gasteiger partial charge in [-0.05, 0) is 99.2 Å². The van der Waals surface area contributed by atoms with E-state index in [-0.39, 0.29) is 16.2 Å². The summed E-state index contributed by atoms with van der Waals surface area (Å²) in [6.07, 6.45) is 7.85. The minimum atomic E-state index is -0.163. The molecule has 8 aromatic rings. The van der Waals surface area contributed by atoms with Gasteiger partial charge in [-0.3, -0.25) is 13.7 Å². The molecule has 3 heterocycles. The van der Waals surface area contributed by atoms with E-state index in [4.69, 9.17) is 9.72 Å². The number of imidazole rings is 1. The molecule has 3 aromatic heterocycles. The summed E-state index contributed by atoms with van der Waals surface area (Å²) in [6, 6.07) is 45.0. The predicted molar refractivity (Wildman–Crippen MR) is 226 cm³/mol. The third-order valence-electron chi connectivity index (χ3n) is 10.4. The molecule has 0 radical (unpaired) electrons. The molecule has 5 heteroatoms. The molecule has 0 aliphatic rings. The molecule has 0 spiro atoms. The van der Waals surface area contributed by atoms with Gasteiger partial charge in [0.2, 0.25) is 0 Å². The maximum Gasteiger partial charge on any atom is 0.269 e. The number of aromatic nitrogens is 4. The summed E-state index contributed by atoms with van der Waals surface area (Å²) in [5, 5.41) is 2.33. The first-order valence-corrected chi connectivity index (χ1v) is 19.2. The summed E-state index contributed by atoms with van der Waals surface area (Å²) in [5.41, 5.74) is 9.92. The first-order valence-electron chi connectivity index (χ1n) is 19.2. The number of hydrogen-bond acceptors (Lipinski definition) is 2. The highest BCUT2D eigenvalue weighted by atomic mass is 16.5. The monoisotopic (exact) mass is 722 g/mol. The normalized spacial score (nSPS) is 12.5. The van der Waals surface area contributed by atoms with Crippen molar-refractivity contribution in [1.82, 2.24) is 14.1 Å². The van der Waals surface area contributed by atoms with Crippen molar-refractivity contribution in [2.45, 2.75) is 78.6 Å². The van der Waals surface area contributed by atoms with Crippen LogP contribution in [-0.2, 0) is 16.2 Å². The van der Waals surface area contributed by atoms with Gasteiger partial charge in [-0.1, -0.05) is 123 Å². The van der Waals surface area contributed by atoms with E-state index in [9.17, 15) is 0 Å². The molecule has 0 saturated carbocycles. The van der Waals surface area contributed by atoms with E-state index in [0.29, 0.717) is 0 Å². The van der Waals surface area contributed by atoms with E-state index in [2.05, 4.69) is 216 Å². The summed E-state index contributed by atoms with van der Waals surface area (Å²) >= 11 is 0. The molecule has 5 nitrogen and oxygen atoms in total. The van der Waals surface area contributed by atoms with Gasteiger partial charge in [-0.15, -0.1) is 0 Å². The molecule has 0 saturated heterocycles. The average molecular weight is 723 g/mol. The van der Waals surface area contributed by atoms with E-state index < -0.39 is 0 Å². The van der Waals surface area contributed by atoms with Gasteiger partial charge in [0.25, 0.3) is 6.33 Å². The van der Waals surface area contributed by atoms with Crippen molar-refractivity contribution in [3.63, 3.8) is 0 Å². The third-order valence-corrected chi connectivity index (χ3v) is 10.4. The van der Waals surface area contributed by atoms with Crippen LogP contribution in [0.15, 0.2) is 140 Å². The van der Waals surface area contributed by atoms with Gasteiger partial charge >= 0.3 is 0 Å². The number of ether oxygens (including phenoxy) is 1. The minimum Gasteiger partial charge on any atom is -0.458 e. The van der Waals surface area contributed by atoms with E-state index in [1.807, 2.05) is 6.20 Å². The van der Waals surface area contributed by atoms with Gasteiger partial charge in [0.15, 0.2) is 0 Å². The first-order chi connectivity index (χ1) is 26.1. The maximum absolute atomic E-state index is 6.88. The molecule has 0 fully saturated rings. The summed E-state index contributed by atoms with van der Waals surface area (Å²) in [6.45, 7) is 20.2. The van der Waals surface area contributed by atoms with Gasteiger partial charge in [0.1, 0.15) is 17.3 Å². The zero-order valence-corrected chi connectivity index (χ0v) is 33.5. The second-order valence-corrected chi connectivity index (χ2v) is 17.7. The molecule has 55 heavy (non-hydrogen) atoms. The van der Waals surface area contributed by atoms with Crippen molar-refractivity contribution < 1.29 is 9.30 Å². The van der Waals surface area contributed by atoms with Gasteiger partial charge in [0.05, 0.1) is 28.1 Å². The Hall–Kier alpha value is -5.94. The molecule has 5 aromatic carbocycles. The van der Waals surface area contributed by atoms with Crippen molar-refractivity contribution in [2.24, 2.45) is 0 Å². The zero-order chi connectivity index (χ0) is 38.7. The predicted octanol–water partition coefficient (Wildman–Crippen LogP) is 12.4. The highest BCUT2D eigenvalue weighted by Crippen LogP contribution is 2.38. The molecule has 0 atom stereocenters. The molecule has 8 rings (SSSR count). The molecule has 276 valence electrons. The standard InChI is InChI=1S/C50H50N4O/c1-48(2,3)36-18-15-19-38(28-36)52-32-46(50(7,8)9)53(33-52)39-26-35(34-16-11-10-12-17-34)27-41(30-39)55-40-22-23-43-42-20-13-14-21-44(42)54(45(43)31-40)47-29-37(24-25-51-47)49(4,5)6/h10-32H,1-9H3. The van der Waals surface area contributed by atoms with Crippen LogP contribution in [0, 0.1) is 6.33 Å². The van der Waals surface area contributed by atoms with Crippen LogP contribution < -0.4 is 9.30 Å². The second kappa shape index (κ2) is 13.4. The molecule has 0 amide bonds. The molecule has 0 bridgehead atoms. The Morgan fingerprint density at radius 2 is 1.27 bits per heavy atom. The number of nitrogens with zero attached hydrogens (tertiary/aromatic N) is 4. The summed E-state index contributed by atoms with van der Waals surface area (Å²) < 4.78 is 13.5. The van der Waals surface area contributed by atoms with Crippen LogP contribution in [0.5, 0.6) is 11.5 Å². The molecule has 0 aliphatic carbocycles. The smallest absolute Gasteiger partial charge is 0.269 e. The Kier molecular flexibility index (Phi) is 8.80. The SMILES string of the molecule is CC(C)(C)c1cccc(-[n+]2[c-]n(-c3cc(Oc4ccc5c6ccccc6n(-c6cc(C(C)(C)C)ccn6)c5c4)cc(-c4ccccc4)c3)c(C(C)(C)C)c2)c1. The van der Waals surface area contributed by atoms with Gasteiger partial charge in [-0.25, -0.2) is 4.98 Å². The van der Waals surface area contributed by atoms with E-state index in [1.54, 1.807) is 0 Å². The van der Waals surface area contributed by atoms with Crippen LogP contribution in [0.2, 0.25) is 0 Å². The van der Waals surface area contributed by atoms with E-state index in [0.717, 1.165) is 61.9 Å².